The quantitative estimate of drug-likeness (QED) is 0.289. The van der Waals surface area contributed by atoms with E-state index >= 15 is 0 Å². The number of carbonyl (C=O) groups excluding carboxylic acids is 2. The van der Waals surface area contributed by atoms with Gasteiger partial charge in [-0.3, -0.25) is 9.59 Å². The van der Waals surface area contributed by atoms with Gasteiger partial charge in [-0.05, 0) is 73.4 Å². The first-order chi connectivity index (χ1) is 18.5. The van der Waals surface area contributed by atoms with Gasteiger partial charge >= 0.3 is 0 Å². The number of amides is 2. The van der Waals surface area contributed by atoms with Crippen molar-refractivity contribution in [2.45, 2.75) is 32.9 Å². The van der Waals surface area contributed by atoms with Gasteiger partial charge < -0.3 is 19.0 Å². The lowest BCUT2D eigenvalue weighted by Gasteiger charge is -2.37. The zero-order chi connectivity index (χ0) is 26.6. The highest BCUT2D eigenvalue weighted by atomic mass is 32.1. The average molecular weight is 534 g/mol. The lowest BCUT2D eigenvalue weighted by molar-refractivity contribution is 0.0661. The third kappa shape index (κ3) is 5.19. The molecule has 0 saturated heterocycles. The van der Waals surface area contributed by atoms with E-state index in [1.165, 1.54) is 29.7 Å². The normalized spacial score (nSPS) is 14.7. The number of hydrogen-bond acceptors (Lipinski definition) is 6. The van der Waals surface area contributed by atoms with E-state index < -0.39 is 6.04 Å². The fraction of sp³-hybridized carbons (Fsp3) is 0.276. The van der Waals surface area contributed by atoms with Crippen LogP contribution >= 0.6 is 11.3 Å². The molecule has 1 aliphatic heterocycles. The maximum absolute atomic E-state index is 13.7. The van der Waals surface area contributed by atoms with Crippen molar-refractivity contribution in [3.63, 3.8) is 0 Å². The van der Waals surface area contributed by atoms with Crippen molar-refractivity contribution in [2.75, 3.05) is 19.6 Å². The predicted molar refractivity (Wildman–Crippen MR) is 142 cm³/mol. The van der Waals surface area contributed by atoms with Gasteiger partial charge in [0.1, 0.15) is 28.9 Å². The Balaban J connectivity index is 1.40. The van der Waals surface area contributed by atoms with E-state index in [9.17, 15) is 14.0 Å². The van der Waals surface area contributed by atoms with Crippen molar-refractivity contribution in [2.24, 2.45) is 0 Å². The van der Waals surface area contributed by atoms with Crippen molar-refractivity contribution in [3.05, 3.63) is 105 Å². The van der Waals surface area contributed by atoms with Gasteiger partial charge in [0.15, 0.2) is 5.76 Å². The number of fused-ring (bicyclic) bond motifs is 1. The van der Waals surface area contributed by atoms with Crippen molar-refractivity contribution < 1.29 is 23.1 Å². The number of furan rings is 1. The minimum atomic E-state index is -0.432. The van der Waals surface area contributed by atoms with Crippen molar-refractivity contribution in [1.29, 1.82) is 0 Å². The molecule has 38 heavy (non-hydrogen) atoms. The molecule has 0 bridgehead atoms. The maximum Gasteiger partial charge on any atom is 0.290 e. The number of ether oxygens (including phenoxy) is 1. The van der Waals surface area contributed by atoms with Crippen molar-refractivity contribution >= 4 is 23.2 Å². The summed E-state index contributed by atoms with van der Waals surface area (Å²) in [5.41, 5.74) is 3.23. The van der Waals surface area contributed by atoms with E-state index in [1.54, 1.807) is 39.4 Å². The standard InChI is InChI=1S/C29H28FN3O4S/c1-3-32(4-2)28(34)24-18-38-26(31-24)17-37-22-12-9-19-13-14-33(29(35)25-6-5-15-36-25)27(23(19)16-22)20-7-10-21(30)11-8-20/h5-12,15-16,18,27H,3-4,13-14,17H2,1-2H3/t27-/m0/s1. The van der Waals surface area contributed by atoms with E-state index in [4.69, 9.17) is 9.15 Å². The van der Waals surface area contributed by atoms with Gasteiger partial charge in [-0.15, -0.1) is 11.3 Å². The minimum absolute atomic E-state index is 0.0882. The van der Waals surface area contributed by atoms with Crippen LogP contribution in [0.3, 0.4) is 0 Å². The lowest BCUT2D eigenvalue weighted by Crippen LogP contribution is -2.40. The van der Waals surface area contributed by atoms with Gasteiger partial charge in [-0.2, -0.15) is 0 Å². The summed E-state index contributed by atoms with van der Waals surface area (Å²) in [6.07, 6.45) is 2.15. The number of rotatable bonds is 8. The maximum atomic E-state index is 13.7. The third-order valence-electron chi connectivity index (χ3n) is 6.71. The van der Waals surface area contributed by atoms with Gasteiger partial charge in [0.25, 0.3) is 11.8 Å². The van der Waals surface area contributed by atoms with Crippen LogP contribution in [0.4, 0.5) is 4.39 Å². The number of aromatic nitrogens is 1. The Kier molecular flexibility index (Phi) is 7.55. The third-order valence-corrected chi connectivity index (χ3v) is 7.53. The van der Waals surface area contributed by atoms with Crippen LogP contribution in [-0.2, 0) is 13.0 Å². The van der Waals surface area contributed by atoms with Gasteiger partial charge in [-0.1, -0.05) is 18.2 Å². The van der Waals surface area contributed by atoms with Gasteiger partial charge in [-0.25, -0.2) is 9.37 Å². The highest BCUT2D eigenvalue weighted by Crippen LogP contribution is 2.38. The molecule has 0 spiro atoms. The molecule has 3 heterocycles. The molecular weight excluding hydrogens is 505 g/mol. The molecule has 0 N–H and O–H groups in total. The van der Waals surface area contributed by atoms with Crippen LogP contribution in [0.25, 0.3) is 0 Å². The molecule has 2 amide bonds. The average Bonchev–Trinajstić information content (AvgIpc) is 3.65. The molecule has 5 rings (SSSR count). The fourth-order valence-electron chi connectivity index (χ4n) is 4.74. The monoisotopic (exact) mass is 533 g/mol. The zero-order valence-corrected chi connectivity index (χ0v) is 22.0. The largest absolute Gasteiger partial charge is 0.486 e. The van der Waals surface area contributed by atoms with Crippen LogP contribution in [0.2, 0.25) is 0 Å². The van der Waals surface area contributed by atoms with Gasteiger partial charge in [0.05, 0.1) is 12.3 Å². The van der Waals surface area contributed by atoms with Crippen LogP contribution < -0.4 is 4.74 Å². The molecule has 2 aromatic carbocycles. The summed E-state index contributed by atoms with van der Waals surface area (Å²) < 4.78 is 25.2. The van der Waals surface area contributed by atoms with Crippen LogP contribution in [0.5, 0.6) is 5.75 Å². The summed E-state index contributed by atoms with van der Waals surface area (Å²) in [7, 11) is 0. The van der Waals surface area contributed by atoms with Crippen LogP contribution in [0.15, 0.2) is 70.7 Å². The zero-order valence-electron chi connectivity index (χ0n) is 21.2. The second kappa shape index (κ2) is 11.2. The number of hydrogen-bond donors (Lipinski definition) is 0. The van der Waals surface area contributed by atoms with Gasteiger partial charge in [0, 0.05) is 25.0 Å². The Morgan fingerprint density at radius 1 is 1.16 bits per heavy atom. The molecule has 1 atom stereocenters. The second-order valence-electron chi connectivity index (χ2n) is 8.93. The van der Waals surface area contributed by atoms with E-state index in [2.05, 4.69) is 4.98 Å². The number of halogens is 1. The van der Waals surface area contributed by atoms with Gasteiger partial charge in [0.2, 0.25) is 0 Å². The highest BCUT2D eigenvalue weighted by Gasteiger charge is 2.34. The topological polar surface area (TPSA) is 75.9 Å². The molecule has 7 nitrogen and oxygen atoms in total. The molecule has 196 valence electrons. The Bertz CT molecular complexity index is 1410. The fourth-order valence-corrected chi connectivity index (χ4v) is 5.42. The van der Waals surface area contributed by atoms with Crippen LogP contribution in [0.1, 0.15) is 62.6 Å². The molecule has 1 aliphatic rings. The molecule has 0 radical (unpaired) electrons. The minimum Gasteiger partial charge on any atom is -0.486 e. The number of nitrogens with zero attached hydrogens (tertiary/aromatic N) is 3. The Morgan fingerprint density at radius 2 is 1.95 bits per heavy atom. The number of benzene rings is 2. The molecule has 0 fully saturated rings. The SMILES string of the molecule is CCN(CC)C(=O)c1csc(COc2ccc3c(c2)[C@H](c2ccc(F)cc2)N(C(=O)c2ccco2)CC3)n1. The molecule has 0 unspecified atom stereocenters. The second-order valence-corrected chi connectivity index (χ2v) is 9.88. The van der Waals surface area contributed by atoms with E-state index in [-0.39, 0.29) is 30.0 Å². The van der Waals surface area contributed by atoms with Crippen molar-refractivity contribution in [3.8, 4) is 5.75 Å². The first-order valence-corrected chi connectivity index (χ1v) is 13.5. The van der Waals surface area contributed by atoms with Crippen LogP contribution in [-0.4, -0.2) is 46.2 Å². The number of carbonyl (C=O) groups is 2. The Morgan fingerprint density at radius 3 is 2.66 bits per heavy atom. The first-order valence-electron chi connectivity index (χ1n) is 12.6. The summed E-state index contributed by atoms with van der Waals surface area (Å²) in [5.74, 6) is 0.221. The Hall–Kier alpha value is -3.98. The summed E-state index contributed by atoms with van der Waals surface area (Å²) >= 11 is 1.38. The smallest absolute Gasteiger partial charge is 0.290 e. The highest BCUT2D eigenvalue weighted by molar-refractivity contribution is 7.09. The summed E-state index contributed by atoms with van der Waals surface area (Å²) in [6, 6.07) is 14.9. The van der Waals surface area contributed by atoms with E-state index in [0.717, 1.165) is 16.7 Å². The lowest BCUT2D eigenvalue weighted by atomic mass is 9.87. The predicted octanol–water partition coefficient (Wildman–Crippen LogP) is 5.72. The Labute approximate surface area is 224 Å². The van der Waals surface area contributed by atoms with Crippen molar-refractivity contribution in [1.82, 2.24) is 14.8 Å². The first kappa shape index (κ1) is 25.7. The summed E-state index contributed by atoms with van der Waals surface area (Å²) in [4.78, 5) is 33.9. The molecule has 9 heteroatoms. The molecule has 0 aliphatic carbocycles. The van der Waals surface area contributed by atoms with E-state index in [1.807, 2.05) is 32.0 Å². The number of thiazole rings is 1. The van der Waals surface area contributed by atoms with Crippen LogP contribution in [0, 0.1) is 5.82 Å². The van der Waals surface area contributed by atoms with E-state index in [0.29, 0.717) is 42.5 Å². The molecule has 4 aromatic rings. The molecule has 0 saturated carbocycles. The molecule has 2 aromatic heterocycles. The summed E-state index contributed by atoms with van der Waals surface area (Å²) in [5, 5.41) is 2.46. The summed E-state index contributed by atoms with van der Waals surface area (Å²) in [6.45, 7) is 5.85. The molecular formula is C29H28FN3O4S.